The lowest BCUT2D eigenvalue weighted by atomic mass is 9.76. The van der Waals surface area contributed by atoms with Crippen LogP contribution in [0.1, 0.15) is 135 Å². The lowest BCUT2D eigenvalue weighted by Crippen LogP contribution is -2.17. The third-order valence-corrected chi connectivity index (χ3v) is 10.9. The molecule has 0 amide bonds. The van der Waals surface area contributed by atoms with Gasteiger partial charge in [-0.15, -0.1) is 0 Å². The first-order chi connectivity index (χ1) is 24.3. The second-order valence-electron chi connectivity index (χ2n) is 14.4. The second-order valence-corrected chi connectivity index (χ2v) is 14.4. The van der Waals surface area contributed by atoms with E-state index >= 15 is 0 Å². The van der Waals surface area contributed by atoms with E-state index in [2.05, 4.69) is 19.9 Å². The minimum Gasteiger partial charge on any atom is -0.300 e. The molecule has 2 saturated carbocycles. The van der Waals surface area contributed by atoms with E-state index in [4.69, 9.17) is 0 Å². The Kier molecular flexibility index (Phi) is 12.4. The van der Waals surface area contributed by atoms with Gasteiger partial charge in [-0.25, -0.2) is 37.5 Å². The summed E-state index contributed by atoms with van der Waals surface area (Å²) < 4.78 is 55.8. The molecule has 0 radical (unpaired) electrons. The Morgan fingerprint density at radius 2 is 0.900 bits per heavy atom. The van der Waals surface area contributed by atoms with E-state index in [9.17, 15) is 22.4 Å². The first-order valence-electron chi connectivity index (χ1n) is 18.2. The third-order valence-electron chi connectivity index (χ3n) is 10.9. The van der Waals surface area contributed by atoms with Crippen molar-refractivity contribution in [1.29, 1.82) is 0 Å². The van der Waals surface area contributed by atoms with Crippen LogP contribution < -0.4 is 0 Å². The van der Waals surface area contributed by atoms with Crippen molar-refractivity contribution in [2.24, 2.45) is 11.8 Å². The van der Waals surface area contributed by atoms with E-state index in [0.717, 1.165) is 75.3 Å². The average molecular weight is 687 g/mol. The van der Waals surface area contributed by atoms with Crippen LogP contribution in [0.3, 0.4) is 0 Å². The summed E-state index contributed by atoms with van der Waals surface area (Å²) in [5.41, 5.74) is 3.50. The molecule has 2 aromatic carbocycles. The molecule has 4 aromatic rings. The molecule has 0 saturated heterocycles. The Bertz CT molecular complexity index is 1510. The summed E-state index contributed by atoms with van der Waals surface area (Å²) in [5.74, 6) is 1.83. The molecule has 2 aliphatic carbocycles. The van der Waals surface area contributed by atoms with E-state index in [1.165, 1.54) is 24.3 Å². The van der Waals surface area contributed by atoms with Crippen molar-refractivity contribution >= 4 is 5.78 Å². The predicted octanol–water partition coefficient (Wildman–Crippen LogP) is 10.4. The van der Waals surface area contributed by atoms with E-state index in [-0.39, 0.29) is 36.1 Å². The number of ketones is 1. The maximum atomic E-state index is 14.8. The Hall–Kier alpha value is -4.01. The molecule has 2 aliphatic rings. The van der Waals surface area contributed by atoms with Crippen molar-refractivity contribution in [2.45, 2.75) is 114 Å². The first-order valence-corrected chi connectivity index (χ1v) is 18.2. The highest BCUT2D eigenvalue weighted by Gasteiger charge is 2.26. The van der Waals surface area contributed by atoms with Crippen molar-refractivity contribution in [3.05, 3.63) is 119 Å². The van der Waals surface area contributed by atoms with Gasteiger partial charge in [0.2, 0.25) is 0 Å². The highest BCUT2D eigenvalue weighted by atomic mass is 19.1. The fourth-order valence-corrected chi connectivity index (χ4v) is 7.70. The Balaban J connectivity index is 0.848. The molecule has 50 heavy (non-hydrogen) atoms. The number of halogens is 4. The minimum absolute atomic E-state index is 0.114. The highest BCUT2D eigenvalue weighted by Crippen LogP contribution is 2.39. The molecule has 9 heteroatoms. The molecule has 5 nitrogen and oxygen atoms in total. The first kappa shape index (κ1) is 35.8. The number of aromatic nitrogens is 4. The van der Waals surface area contributed by atoms with Crippen LogP contribution in [0.5, 0.6) is 0 Å². The summed E-state index contributed by atoms with van der Waals surface area (Å²) in [6.45, 7) is 0. The third kappa shape index (κ3) is 10.0. The second kappa shape index (κ2) is 17.3. The predicted molar refractivity (Wildman–Crippen MR) is 185 cm³/mol. The summed E-state index contributed by atoms with van der Waals surface area (Å²) in [5, 5.41) is 0. The van der Waals surface area contributed by atoms with Gasteiger partial charge in [0.15, 0.2) is 24.0 Å². The Labute approximate surface area is 292 Å². The molecule has 2 heterocycles. The van der Waals surface area contributed by atoms with Crippen LogP contribution in [-0.2, 0) is 17.6 Å². The van der Waals surface area contributed by atoms with Gasteiger partial charge in [-0.05, 0) is 134 Å². The van der Waals surface area contributed by atoms with Crippen molar-refractivity contribution in [3.8, 4) is 0 Å². The van der Waals surface area contributed by atoms with Crippen LogP contribution >= 0.6 is 0 Å². The summed E-state index contributed by atoms with van der Waals surface area (Å²) in [6.07, 6.45) is 16.2. The summed E-state index contributed by atoms with van der Waals surface area (Å²) in [6, 6.07) is 11.7. The molecule has 6 rings (SSSR count). The van der Waals surface area contributed by atoms with Gasteiger partial charge in [0, 0.05) is 50.5 Å². The minimum atomic E-state index is -1.34. The number of benzene rings is 2. The largest absolute Gasteiger partial charge is 0.300 e. The van der Waals surface area contributed by atoms with Crippen molar-refractivity contribution < 1.29 is 22.4 Å². The average Bonchev–Trinajstić information content (AvgIpc) is 3.15. The van der Waals surface area contributed by atoms with Crippen LogP contribution in [-0.4, -0.2) is 25.7 Å². The van der Waals surface area contributed by atoms with Crippen LogP contribution in [0.4, 0.5) is 17.6 Å². The molecular weight excluding hydrogens is 640 g/mol. The highest BCUT2D eigenvalue weighted by molar-refractivity contribution is 5.78. The van der Waals surface area contributed by atoms with Gasteiger partial charge in [-0.2, -0.15) is 0 Å². The van der Waals surface area contributed by atoms with Gasteiger partial charge in [-0.1, -0.05) is 24.3 Å². The molecule has 2 fully saturated rings. The van der Waals surface area contributed by atoms with Gasteiger partial charge in [-0.3, -0.25) is 4.79 Å². The van der Waals surface area contributed by atoms with Crippen LogP contribution in [0.25, 0.3) is 0 Å². The standard InChI is InChI=1S/C41H46F4N4O/c42-35-15-5-29(6-16-35)21-38(44)40-46-23-33(24-47-40)31-11-1-27(2-12-31)9-19-37(50)20-10-28-3-13-32(14-4-28)34-25-48-41(49-26-34)39(45)22-30-7-17-36(43)18-8-30/h5-8,15-18,23-28,31-32,38-39H,1-4,9-14,19-22H2/t27-,28?,31-,32?,38?,39?. The molecular formula is C41H46F4N4O. The molecule has 264 valence electrons. The lowest BCUT2D eigenvalue weighted by Gasteiger charge is -2.29. The maximum Gasteiger partial charge on any atom is 0.163 e. The number of hydrogen-bond donors (Lipinski definition) is 0. The zero-order chi connectivity index (χ0) is 34.9. The number of Topliss-reactive ketones (excluding diaryl/α,β-unsaturated/α-hetero) is 1. The van der Waals surface area contributed by atoms with Gasteiger partial charge in [0.25, 0.3) is 0 Å². The Morgan fingerprint density at radius 1 is 0.560 bits per heavy atom. The Morgan fingerprint density at radius 3 is 1.24 bits per heavy atom. The fourth-order valence-electron chi connectivity index (χ4n) is 7.70. The summed E-state index contributed by atoms with van der Waals surface area (Å²) in [4.78, 5) is 30.1. The van der Waals surface area contributed by atoms with Crippen molar-refractivity contribution in [2.75, 3.05) is 0 Å². The van der Waals surface area contributed by atoms with Crippen LogP contribution in [0.15, 0.2) is 73.3 Å². The monoisotopic (exact) mass is 686 g/mol. The normalized spacial score (nSPS) is 22.2. The molecule has 2 atom stereocenters. The molecule has 0 spiro atoms. The van der Waals surface area contributed by atoms with Crippen molar-refractivity contribution in [1.82, 2.24) is 19.9 Å². The number of carbonyl (C=O) groups is 1. The van der Waals surface area contributed by atoms with Crippen molar-refractivity contribution in [3.63, 3.8) is 0 Å². The van der Waals surface area contributed by atoms with E-state index in [1.807, 2.05) is 0 Å². The number of nitrogens with zero attached hydrogens (tertiary/aromatic N) is 4. The van der Waals surface area contributed by atoms with Crippen LogP contribution in [0, 0.1) is 23.5 Å². The molecule has 0 aliphatic heterocycles. The number of hydrogen-bond acceptors (Lipinski definition) is 5. The van der Waals surface area contributed by atoms with Gasteiger partial charge in [0.1, 0.15) is 17.4 Å². The number of carbonyl (C=O) groups excluding carboxylic acids is 1. The van der Waals surface area contributed by atoms with E-state index in [1.54, 1.807) is 49.1 Å². The molecule has 2 unspecified atom stereocenters. The quantitative estimate of drug-likeness (QED) is 0.124. The van der Waals surface area contributed by atoms with Gasteiger partial charge >= 0.3 is 0 Å². The summed E-state index contributed by atoms with van der Waals surface area (Å²) in [7, 11) is 0. The number of alkyl halides is 2. The SMILES string of the molecule is O=C(CCC1CCC(c2cnc(C(F)Cc3ccc(F)cc3)nc2)CC1)CC[C@H]1CC[C@H](c2cnc(C(F)Cc3ccc(F)cc3)nc2)CC1. The van der Waals surface area contributed by atoms with Gasteiger partial charge in [0.05, 0.1) is 0 Å². The zero-order valence-electron chi connectivity index (χ0n) is 28.5. The topological polar surface area (TPSA) is 68.6 Å². The van der Waals surface area contributed by atoms with Gasteiger partial charge < -0.3 is 0 Å². The molecule has 2 aromatic heterocycles. The summed E-state index contributed by atoms with van der Waals surface area (Å²) >= 11 is 0. The molecule has 0 bridgehead atoms. The number of rotatable bonds is 14. The van der Waals surface area contributed by atoms with Crippen LogP contribution in [0.2, 0.25) is 0 Å². The smallest absolute Gasteiger partial charge is 0.163 e. The lowest BCUT2D eigenvalue weighted by molar-refractivity contribution is -0.119. The fraction of sp³-hybridized carbons (Fsp3) is 0.488. The molecule has 0 N–H and O–H groups in total. The zero-order valence-corrected chi connectivity index (χ0v) is 28.5. The van der Waals surface area contributed by atoms with E-state index < -0.39 is 12.3 Å². The maximum absolute atomic E-state index is 14.8. The van der Waals surface area contributed by atoms with E-state index in [0.29, 0.717) is 53.4 Å².